The number of hydrogen-bond acceptors (Lipinski definition) is 2. The van der Waals surface area contributed by atoms with Gasteiger partial charge in [-0.15, -0.1) is 0 Å². The number of allylic oxidation sites excluding steroid dienone is 4. The van der Waals surface area contributed by atoms with E-state index in [-0.39, 0.29) is 0 Å². The van der Waals surface area contributed by atoms with Crippen LogP contribution in [0.2, 0.25) is 0 Å². The van der Waals surface area contributed by atoms with Crippen LogP contribution in [0.3, 0.4) is 0 Å². The van der Waals surface area contributed by atoms with Crippen molar-refractivity contribution < 1.29 is 9.59 Å². The second kappa shape index (κ2) is 2.40. The van der Waals surface area contributed by atoms with Crippen LogP contribution in [-0.2, 0) is 9.59 Å². The van der Waals surface area contributed by atoms with Gasteiger partial charge in [0.05, 0.1) is 0 Å². The number of carbonyl (C=O) groups excluding carboxylic acids is 2. The van der Waals surface area contributed by atoms with Crippen molar-refractivity contribution in [2.45, 2.75) is 6.42 Å². The van der Waals surface area contributed by atoms with Crippen molar-refractivity contribution in [3.8, 4) is 0 Å². The summed E-state index contributed by atoms with van der Waals surface area (Å²) in [6, 6.07) is 0. The molecule has 0 aromatic rings. The molecule has 0 aliphatic heterocycles. The molecule has 1 radical (unpaired) electrons. The van der Waals surface area contributed by atoms with Crippen molar-refractivity contribution in [2.24, 2.45) is 0 Å². The van der Waals surface area contributed by atoms with Gasteiger partial charge in [-0.25, -0.2) is 0 Å². The third kappa shape index (κ3) is 1.13. The smallest absolute Gasteiger partial charge is 0.277 e. The van der Waals surface area contributed by atoms with Crippen LogP contribution in [0.15, 0.2) is 23.8 Å². The molecule has 45 valence electrons. The number of ketones is 1. The molecule has 0 unspecified atom stereocenters. The van der Waals surface area contributed by atoms with E-state index in [0.29, 0.717) is 12.0 Å². The summed E-state index contributed by atoms with van der Waals surface area (Å²) in [7, 11) is 0. The topological polar surface area (TPSA) is 34.1 Å². The maximum atomic E-state index is 10.5. The van der Waals surface area contributed by atoms with Crippen LogP contribution in [-0.4, -0.2) is 12.1 Å². The Balaban J connectivity index is 2.65. The van der Waals surface area contributed by atoms with E-state index in [1.54, 1.807) is 12.2 Å². The van der Waals surface area contributed by atoms with E-state index in [0.717, 1.165) is 0 Å². The van der Waals surface area contributed by atoms with Crippen molar-refractivity contribution in [3.63, 3.8) is 0 Å². The molecule has 0 atom stereocenters. The maximum absolute atomic E-state index is 10.5. The van der Waals surface area contributed by atoms with Gasteiger partial charge < -0.3 is 0 Å². The van der Waals surface area contributed by atoms with E-state index >= 15 is 0 Å². The Bertz CT molecular complexity index is 199. The molecular weight excluding hydrogens is 116 g/mol. The SMILES string of the molecule is O=[C]C(=O)C1=CC=CC1. The molecule has 0 aromatic carbocycles. The Kier molecular flexibility index (Phi) is 1.58. The lowest BCUT2D eigenvalue weighted by atomic mass is 10.2. The molecular formula is C7H5O2. The Morgan fingerprint density at radius 3 is 2.89 bits per heavy atom. The molecule has 0 heterocycles. The average Bonchev–Trinajstić information content (AvgIpc) is 2.37. The molecule has 0 spiro atoms. The molecule has 0 saturated carbocycles. The van der Waals surface area contributed by atoms with Crippen LogP contribution >= 0.6 is 0 Å². The second-order valence-corrected chi connectivity index (χ2v) is 1.76. The van der Waals surface area contributed by atoms with Gasteiger partial charge in [-0.3, -0.25) is 9.59 Å². The summed E-state index contributed by atoms with van der Waals surface area (Å²) in [5, 5.41) is 0. The molecule has 2 nitrogen and oxygen atoms in total. The van der Waals surface area contributed by atoms with Gasteiger partial charge in [0.1, 0.15) is 0 Å². The van der Waals surface area contributed by atoms with Crippen molar-refractivity contribution in [1.29, 1.82) is 0 Å². The molecule has 1 rings (SSSR count). The zero-order valence-electron chi connectivity index (χ0n) is 4.76. The predicted octanol–water partition coefficient (Wildman–Crippen LogP) is 0.551. The van der Waals surface area contributed by atoms with E-state index in [2.05, 4.69) is 0 Å². The fourth-order valence-corrected chi connectivity index (χ4v) is 0.681. The molecule has 2 heteroatoms. The van der Waals surface area contributed by atoms with Gasteiger partial charge in [-0.05, 0) is 6.42 Å². The Hall–Kier alpha value is -1.18. The van der Waals surface area contributed by atoms with Crippen molar-refractivity contribution in [2.75, 3.05) is 0 Å². The lowest BCUT2D eigenvalue weighted by Crippen LogP contribution is -2.00. The summed E-state index contributed by atoms with van der Waals surface area (Å²) in [4.78, 5) is 20.2. The normalized spacial score (nSPS) is 15.3. The highest BCUT2D eigenvalue weighted by Crippen LogP contribution is 2.09. The monoisotopic (exact) mass is 121 g/mol. The highest BCUT2D eigenvalue weighted by atomic mass is 16.2. The van der Waals surface area contributed by atoms with Crippen LogP contribution in [0.25, 0.3) is 0 Å². The number of rotatable bonds is 2. The van der Waals surface area contributed by atoms with Gasteiger partial charge in [0, 0.05) is 5.57 Å². The first-order valence-corrected chi connectivity index (χ1v) is 2.63. The first-order chi connectivity index (χ1) is 4.34. The quantitative estimate of drug-likeness (QED) is 0.500. The van der Waals surface area contributed by atoms with Crippen molar-refractivity contribution >= 4 is 12.1 Å². The Labute approximate surface area is 52.9 Å². The zero-order valence-corrected chi connectivity index (χ0v) is 4.76. The molecule has 1 aliphatic rings. The Morgan fingerprint density at radius 2 is 2.44 bits per heavy atom. The summed E-state index contributed by atoms with van der Waals surface area (Å²) < 4.78 is 0. The van der Waals surface area contributed by atoms with Gasteiger partial charge >= 0.3 is 0 Å². The van der Waals surface area contributed by atoms with Gasteiger partial charge in [0.15, 0.2) is 0 Å². The summed E-state index contributed by atoms with van der Waals surface area (Å²) in [6.45, 7) is 0. The lowest BCUT2D eigenvalue weighted by molar-refractivity contribution is -0.109. The average molecular weight is 121 g/mol. The maximum Gasteiger partial charge on any atom is 0.277 e. The van der Waals surface area contributed by atoms with Crippen molar-refractivity contribution in [1.82, 2.24) is 0 Å². The first-order valence-electron chi connectivity index (χ1n) is 2.63. The highest BCUT2D eigenvalue weighted by Gasteiger charge is 2.08. The first kappa shape index (κ1) is 5.95. The molecule has 0 amide bonds. The lowest BCUT2D eigenvalue weighted by Gasteiger charge is -1.86. The fraction of sp³-hybridized carbons (Fsp3) is 0.143. The minimum absolute atomic E-state index is 0.528. The predicted molar refractivity (Wildman–Crippen MR) is 32.5 cm³/mol. The number of hydrogen-bond donors (Lipinski definition) is 0. The molecule has 1 aliphatic carbocycles. The van der Waals surface area contributed by atoms with E-state index < -0.39 is 5.78 Å². The summed E-state index contributed by atoms with van der Waals surface area (Å²) in [5.41, 5.74) is 0.532. The standard InChI is InChI=1S/C7H5O2/c8-5-7(9)6-3-1-2-4-6/h1-3H,4H2. The van der Waals surface area contributed by atoms with Crippen LogP contribution in [0.5, 0.6) is 0 Å². The molecule has 0 N–H and O–H groups in total. The van der Waals surface area contributed by atoms with Gasteiger partial charge in [0.2, 0.25) is 5.78 Å². The molecule has 0 saturated heterocycles. The number of carbonyl (C=O) groups is 1. The minimum Gasteiger partial charge on any atom is -0.285 e. The molecule has 0 aromatic heterocycles. The second-order valence-electron chi connectivity index (χ2n) is 1.76. The molecule has 0 fully saturated rings. The number of Topliss-reactive ketones (excluding diaryl/α,β-unsaturated/α-hetero) is 1. The van der Waals surface area contributed by atoms with Crippen LogP contribution in [0.1, 0.15) is 6.42 Å². The van der Waals surface area contributed by atoms with Gasteiger partial charge in [0.25, 0.3) is 6.29 Å². The van der Waals surface area contributed by atoms with Crippen molar-refractivity contribution in [3.05, 3.63) is 23.8 Å². The van der Waals surface area contributed by atoms with Crippen LogP contribution < -0.4 is 0 Å². The van der Waals surface area contributed by atoms with Gasteiger partial charge in [-0.2, -0.15) is 0 Å². The summed E-state index contributed by atoms with van der Waals surface area (Å²) >= 11 is 0. The summed E-state index contributed by atoms with van der Waals surface area (Å²) in [5.74, 6) is -0.528. The van der Waals surface area contributed by atoms with E-state index in [1.807, 2.05) is 6.08 Å². The molecule has 9 heavy (non-hydrogen) atoms. The summed E-state index contributed by atoms with van der Waals surface area (Å²) in [6.07, 6.45) is 7.10. The van der Waals surface area contributed by atoms with E-state index in [9.17, 15) is 9.59 Å². The van der Waals surface area contributed by atoms with E-state index in [4.69, 9.17) is 0 Å². The Morgan fingerprint density at radius 1 is 1.67 bits per heavy atom. The van der Waals surface area contributed by atoms with Crippen LogP contribution in [0.4, 0.5) is 0 Å². The van der Waals surface area contributed by atoms with Gasteiger partial charge in [-0.1, -0.05) is 18.2 Å². The highest BCUT2D eigenvalue weighted by molar-refractivity contribution is 6.33. The molecule has 0 bridgehead atoms. The minimum atomic E-state index is -0.528. The largest absolute Gasteiger partial charge is 0.285 e. The van der Waals surface area contributed by atoms with Crippen LogP contribution in [0, 0.1) is 0 Å². The van der Waals surface area contributed by atoms with E-state index in [1.165, 1.54) is 6.29 Å². The fourth-order valence-electron chi connectivity index (χ4n) is 0.681. The zero-order chi connectivity index (χ0) is 6.69. The third-order valence-corrected chi connectivity index (χ3v) is 1.16. The third-order valence-electron chi connectivity index (χ3n) is 1.16.